The maximum atomic E-state index is 11.2. The van der Waals surface area contributed by atoms with Crippen LogP contribution in [0.15, 0.2) is 49.1 Å². The monoisotopic (exact) mass is 242 g/mol. The van der Waals surface area contributed by atoms with Gasteiger partial charge in [-0.1, -0.05) is 30.3 Å². The van der Waals surface area contributed by atoms with Gasteiger partial charge in [-0.05, 0) is 29.3 Å². The van der Waals surface area contributed by atoms with Crippen LogP contribution in [0.4, 0.5) is 0 Å². The highest BCUT2D eigenvalue weighted by Crippen LogP contribution is 2.26. The minimum Gasteiger partial charge on any atom is -0.492 e. The first-order valence-corrected chi connectivity index (χ1v) is 5.72. The van der Waals surface area contributed by atoms with Gasteiger partial charge in [-0.2, -0.15) is 0 Å². The van der Waals surface area contributed by atoms with E-state index in [0.717, 1.165) is 10.8 Å². The van der Waals surface area contributed by atoms with Crippen LogP contribution in [0, 0.1) is 0 Å². The van der Waals surface area contributed by atoms with Gasteiger partial charge in [0.15, 0.2) is 0 Å². The molecular weight excluding hydrogens is 228 g/mol. The molecule has 3 heteroatoms. The molecule has 92 valence electrons. The summed E-state index contributed by atoms with van der Waals surface area (Å²) in [5.41, 5.74) is 0.192. The highest BCUT2D eigenvalue weighted by molar-refractivity contribution is 5.97. The second kappa shape index (κ2) is 5.36. The van der Waals surface area contributed by atoms with E-state index >= 15 is 0 Å². The van der Waals surface area contributed by atoms with Crippen LogP contribution < -0.4 is 4.74 Å². The van der Waals surface area contributed by atoms with E-state index in [4.69, 9.17) is 4.74 Å². The molecule has 2 rings (SSSR count). The van der Waals surface area contributed by atoms with E-state index in [1.165, 1.54) is 0 Å². The van der Waals surface area contributed by atoms with Gasteiger partial charge in [-0.25, -0.2) is 4.79 Å². The molecule has 0 amide bonds. The van der Waals surface area contributed by atoms with Crippen molar-refractivity contribution in [1.82, 2.24) is 0 Å². The van der Waals surface area contributed by atoms with Crippen molar-refractivity contribution in [3.63, 3.8) is 0 Å². The third-order valence-electron chi connectivity index (χ3n) is 2.66. The fourth-order valence-electron chi connectivity index (χ4n) is 1.76. The predicted octanol–water partition coefficient (Wildman–Crippen LogP) is 3.49. The van der Waals surface area contributed by atoms with Gasteiger partial charge in [0.2, 0.25) is 0 Å². The molecule has 0 unspecified atom stereocenters. The standard InChI is InChI=1S/C15H14O3/c1-2-3-8-18-14-10-12-7-5-4-6-11(12)9-13(14)15(16)17/h2,4-7,9-10H,1,3,8H2,(H,16,17). The van der Waals surface area contributed by atoms with Crippen LogP contribution in [0.2, 0.25) is 0 Å². The second-order valence-corrected chi connectivity index (χ2v) is 3.93. The molecule has 0 fully saturated rings. The number of benzene rings is 2. The second-order valence-electron chi connectivity index (χ2n) is 3.93. The van der Waals surface area contributed by atoms with Gasteiger partial charge < -0.3 is 9.84 Å². The predicted molar refractivity (Wildman–Crippen MR) is 71.2 cm³/mol. The first-order chi connectivity index (χ1) is 8.72. The van der Waals surface area contributed by atoms with Gasteiger partial charge >= 0.3 is 5.97 Å². The molecule has 0 heterocycles. The van der Waals surface area contributed by atoms with Crippen molar-refractivity contribution < 1.29 is 14.6 Å². The minimum absolute atomic E-state index is 0.192. The van der Waals surface area contributed by atoms with Crippen molar-refractivity contribution >= 4 is 16.7 Å². The van der Waals surface area contributed by atoms with Crippen molar-refractivity contribution in [2.24, 2.45) is 0 Å². The quantitative estimate of drug-likeness (QED) is 0.644. The summed E-state index contributed by atoms with van der Waals surface area (Å²) in [6.45, 7) is 4.04. The molecule has 0 atom stereocenters. The molecule has 18 heavy (non-hydrogen) atoms. The number of carboxylic acids is 1. The van der Waals surface area contributed by atoms with Crippen molar-refractivity contribution in [3.05, 3.63) is 54.6 Å². The molecule has 1 N–H and O–H groups in total. The average Bonchev–Trinajstić information content (AvgIpc) is 2.38. The molecule has 0 spiro atoms. The SMILES string of the molecule is C=CCCOc1cc2ccccc2cc1C(=O)O. The number of hydrogen-bond donors (Lipinski definition) is 1. The lowest BCUT2D eigenvalue weighted by molar-refractivity contribution is 0.0692. The molecule has 0 saturated heterocycles. The third kappa shape index (κ3) is 2.51. The summed E-state index contributed by atoms with van der Waals surface area (Å²) < 4.78 is 5.49. The maximum absolute atomic E-state index is 11.2. The molecule has 0 aliphatic heterocycles. The Kier molecular flexibility index (Phi) is 3.63. The summed E-state index contributed by atoms with van der Waals surface area (Å²) in [5.74, 6) is -0.572. The topological polar surface area (TPSA) is 46.5 Å². The van der Waals surface area contributed by atoms with Gasteiger partial charge in [-0.3, -0.25) is 0 Å². The van der Waals surface area contributed by atoms with Crippen LogP contribution in [0.1, 0.15) is 16.8 Å². The molecule has 2 aromatic carbocycles. The van der Waals surface area contributed by atoms with E-state index in [0.29, 0.717) is 18.8 Å². The molecule has 0 aromatic heterocycles. The molecule has 3 nitrogen and oxygen atoms in total. The van der Waals surface area contributed by atoms with Gasteiger partial charge in [-0.15, -0.1) is 6.58 Å². The zero-order valence-electron chi connectivity index (χ0n) is 9.93. The largest absolute Gasteiger partial charge is 0.492 e. The molecule has 2 aromatic rings. The molecule has 0 aliphatic carbocycles. The summed E-state index contributed by atoms with van der Waals surface area (Å²) in [5, 5.41) is 11.0. The number of aromatic carboxylic acids is 1. The lowest BCUT2D eigenvalue weighted by Gasteiger charge is -2.09. The van der Waals surface area contributed by atoms with Gasteiger partial charge in [0.05, 0.1) is 6.61 Å². The lowest BCUT2D eigenvalue weighted by atomic mass is 10.1. The first-order valence-electron chi connectivity index (χ1n) is 5.72. The van der Waals surface area contributed by atoms with E-state index in [-0.39, 0.29) is 5.56 Å². The number of carboxylic acid groups (broad SMARTS) is 1. The molecule has 0 saturated carbocycles. The lowest BCUT2D eigenvalue weighted by Crippen LogP contribution is -2.04. The van der Waals surface area contributed by atoms with Crippen molar-refractivity contribution in [2.75, 3.05) is 6.61 Å². The molecule has 0 aliphatic rings. The van der Waals surface area contributed by atoms with Crippen molar-refractivity contribution in [1.29, 1.82) is 0 Å². The van der Waals surface area contributed by atoms with E-state index in [9.17, 15) is 9.90 Å². The van der Waals surface area contributed by atoms with Gasteiger partial charge in [0, 0.05) is 0 Å². The zero-order chi connectivity index (χ0) is 13.0. The fourth-order valence-corrected chi connectivity index (χ4v) is 1.76. The smallest absolute Gasteiger partial charge is 0.339 e. The summed E-state index contributed by atoms with van der Waals surface area (Å²) >= 11 is 0. The summed E-state index contributed by atoms with van der Waals surface area (Å²) in [6, 6.07) is 11.0. The number of hydrogen-bond acceptors (Lipinski definition) is 2. The van der Waals surface area contributed by atoms with Crippen LogP contribution in [0.3, 0.4) is 0 Å². The Morgan fingerprint density at radius 2 is 1.94 bits per heavy atom. The Morgan fingerprint density at radius 3 is 2.56 bits per heavy atom. The normalized spacial score (nSPS) is 10.2. The summed E-state index contributed by atoms with van der Waals surface area (Å²) in [7, 11) is 0. The van der Waals surface area contributed by atoms with E-state index < -0.39 is 5.97 Å². The van der Waals surface area contributed by atoms with Crippen LogP contribution in [-0.4, -0.2) is 17.7 Å². The number of ether oxygens (including phenoxy) is 1. The van der Waals surface area contributed by atoms with Crippen molar-refractivity contribution in [2.45, 2.75) is 6.42 Å². The first kappa shape index (κ1) is 12.2. The summed E-state index contributed by atoms with van der Waals surface area (Å²) in [4.78, 5) is 11.2. The Balaban J connectivity index is 2.44. The Bertz CT molecular complexity index is 587. The fraction of sp³-hybridized carbons (Fsp3) is 0.133. The van der Waals surface area contributed by atoms with Crippen LogP contribution in [-0.2, 0) is 0 Å². The van der Waals surface area contributed by atoms with E-state index in [2.05, 4.69) is 6.58 Å². The molecule has 0 radical (unpaired) electrons. The maximum Gasteiger partial charge on any atom is 0.339 e. The highest BCUT2D eigenvalue weighted by atomic mass is 16.5. The third-order valence-corrected chi connectivity index (χ3v) is 2.66. The van der Waals surface area contributed by atoms with Gasteiger partial charge in [0.1, 0.15) is 11.3 Å². The van der Waals surface area contributed by atoms with Gasteiger partial charge in [0.25, 0.3) is 0 Å². The summed E-state index contributed by atoms with van der Waals surface area (Å²) in [6.07, 6.45) is 2.42. The highest BCUT2D eigenvalue weighted by Gasteiger charge is 2.12. The van der Waals surface area contributed by atoms with Crippen LogP contribution in [0.5, 0.6) is 5.75 Å². The van der Waals surface area contributed by atoms with E-state index in [1.807, 2.05) is 24.3 Å². The zero-order valence-corrected chi connectivity index (χ0v) is 9.93. The number of fused-ring (bicyclic) bond motifs is 1. The molecule has 0 bridgehead atoms. The Labute approximate surface area is 105 Å². The number of carbonyl (C=O) groups is 1. The molecular formula is C15H14O3. The van der Waals surface area contributed by atoms with Crippen LogP contribution >= 0.6 is 0 Å². The average molecular weight is 242 g/mol. The van der Waals surface area contributed by atoms with Crippen molar-refractivity contribution in [3.8, 4) is 5.75 Å². The number of rotatable bonds is 5. The Morgan fingerprint density at radius 1 is 1.28 bits per heavy atom. The van der Waals surface area contributed by atoms with E-state index in [1.54, 1.807) is 18.2 Å². The Hall–Kier alpha value is -2.29. The van der Waals surface area contributed by atoms with Crippen LogP contribution in [0.25, 0.3) is 10.8 Å². The minimum atomic E-state index is -0.977.